The quantitative estimate of drug-likeness (QED) is 0.647. The van der Waals surface area contributed by atoms with E-state index in [9.17, 15) is 14.7 Å². The van der Waals surface area contributed by atoms with Crippen molar-refractivity contribution in [2.24, 2.45) is 0 Å². The van der Waals surface area contributed by atoms with E-state index in [1.54, 1.807) is 41.3 Å². The van der Waals surface area contributed by atoms with E-state index in [0.29, 0.717) is 43.9 Å². The Balaban J connectivity index is 1.20. The van der Waals surface area contributed by atoms with Gasteiger partial charge in [-0.1, -0.05) is 36.4 Å². The number of carbonyl (C=O) groups is 2. The molecule has 0 spiro atoms. The van der Waals surface area contributed by atoms with E-state index in [0.717, 1.165) is 17.0 Å². The second-order valence-corrected chi connectivity index (χ2v) is 8.26. The highest BCUT2D eigenvalue weighted by Gasteiger charge is 2.29. The highest BCUT2D eigenvalue weighted by atomic mass is 16.5. The van der Waals surface area contributed by atoms with Gasteiger partial charge < -0.3 is 25.0 Å². The molecule has 0 bridgehead atoms. The van der Waals surface area contributed by atoms with Gasteiger partial charge in [0, 0.05) is 43.9 Å². The summed E-state index contributed by atoms with van der Waals surface area (Å²) in [7, 11) is 0. The first-order chi connectivity index (χ1) is 16.1. The van der Waals surface area contributed by atoms with Crippen LogP contribution in [-0.4, -0.2) is 54.1 Å². The number of hydrogen-bond donors (Lipinski definition) is 2. The summed E-state index contributed by atoms with van der Waals surface area (Å²) in [5.74, 6) is 0.680. The number of nitrogens with one attached hydrogen (secondary N) is 1. The van der Waals surface area contributed by atoms with Crippen LogP contribution < -0.4 is 15.0 Å². The maximum atomic E-state index is 13.1. The monoisotopic (exact) mass is 443 g/mol. The summed E-state index contributed by atoms with van der Waals surface area (Å²) in [5.41, 5.74) is 2.90. The number of aromatic hydroxyl groups is 1. The summed E-state index contributed by atoms with van der Waals surface area (Å²) in [6, 6.07) is 21.9. The first-order valence-electron chi connectivity index (χ1n) is 11.1. The van der Waals surface area contributed by atoms with Gasteiger partial charge in [0.15, 0.2) is 6.10 Å². The maximum absolute atomic E-state index is 13.1. The minimum atomic E-state index is -0.579. The molecule has 2 aliphatic rings. The zero-order chi connectivity index (χ0) is 22.8. The Morgan fingerprint density at radius 2 is 1.67 bits per heavy atom. The molecule has 3 aromatic rings. The molecule has 0 aliphatic carbocycles. The first-order valence-corrected chi connectivity index (χ1v) is 11.1. The van der Waals surface area contributed by atoms with Crippen molar-refractivity contribution < 1.29 is 19.4 Å². The summed E-state index contributed by atoms with van der Waals surface area (Å²) >= 11 is 0. The van der Waals surface area contributed by atoms with E-state index in [1.807, 2.05) is 36.4 Å². The molecule has 2 amide bonds. The number of phenols is 1. The van der Waals surface area contributed by atoms with Crippen molar-refractivity contribution in [2.45, 2.75) is 12.5 Å². The molecule has 0 radical (unpaired) electrons. The molecule has 7 heteroatoms. The minimum absolute atomic E-state index is 0.0763. The molecule has 2 heterocycles. The number of benzene rings is 3. The zero-order valence-electron chi connectivity index (χ0n) is 18.1. The molecule has 2 aliphatic heterocycles. The largest absolute Gasteiger partial charge is 0.506 e. The molecule has 1 saturated heterocycles. The third-order valence-electron chi connectivity index (χ3n) is 6.11. The summed E-state index contributed by atoms with van der Waals surface area (Å²) < 4.78 is 5.76. The summed E-state index contributed by atoms with van der Waals surface area (Å²) in [6.45, 7) is 2.38. The van der Waals surface area contributed by atoms with Crippen LogP contribution in [0.1, 0.15) is 15.9 Å². The molecule has 33 heavy (non-hydrogen) atoms. The number of hydrogen-bond acceptors (Lipinski definition) is 5. The molecule has 0 saturated carbocycles. The summed E-state index contributed by atoms with van der Waals surface area (Å²) in [6.07, 6.45) is -0.0498. The van der Waals surface area contributed by atoms with Gasteiger partial charge in [0.2, 0.25) is 0 Å². The lowest BCUT2D eigenvalue weighted by atomic mass is 10.1. The van der Waals surface area contributed by atoms with Gasteiger partial charge in [0.25, 0.3) is 11.8 Å². The molecule has 1 atom stereocenters. The Labute approximate surface area is 192 Å². The van der Waals surface area contributed by atoms with Gasteiger partial charge in [0.05, 0.1) is 5.69 Å². The van der Waals surface area contributed by atoms with Gasteiger partial charge in [0.1, 0.15) is 11.5 Å². The fraction of sp³-hybridized carbons (Fsp3) is 0.231. The van der Waals surface area contributed by atoms with Crippen LogP contribution in [-0.2, 0) is 11.2 Å². The zero-order valence-corrected chi connectivity index (χ0v) is 18.1. The predicted molar refractivity (Wildman–Crippen MR) is 126 cm³/mol. The van der Waals surface area contributed by atoms with Crippen LogP contribution in [0.2, 0.25) is 0 Å². The number of carbonyl (C=O) groups excluding carboxylic acids is 2. The Morgan fingerprint density at radius 1 is 0.909 bits per heavy atom. The van der Waals surface area contributed by atoms with Gasteiger partial charge >= 0.3 is 0 Å². The van der Waals surface area contributed by atoms with Crippen LogP contribution >= 0.6 is 0 Å². The standard InChI is InChI=1S/C26H25N3O4/c30-22-10-3-2-9-21(22)28-12-14-29(15-13-28)26(32)19-7-5-8-20(16-19)27-25(31)24-17-18-6-1-4-11-23(18)33-24/h1-11,16,24,30H,12-15,17H2,(H,27,31). The number of nitrogens with zero attached hydrogens (tertiary/aromatic N) is 2. The van der Waals surface area contributed by atoms with Crippen molar-refractivity contribution in [1.82, 2.24) is 4.90 Å². The molecule has 7 nitrogen and oxygen atoms in total. The number of anilines is 2. The molecule has 3 aromatic carbocycles. The van der Waals surface area contributed by atoms with Crippen molar-refractivity contribution >= 4 is 23.2 Å². The molecule has 2 N–H and O–H groups in total. The summed E-state index contributed by atoms with van der Waals surface area (Å²) in [5, 5.41) is 13.0. The van der Waals surface area contributed by atoms with Crippen molar-refractivity contribution in [1.29, 1.82) is 0 Å². The van der Waals surface area contributed by atoms with E-state index in [4.69, 9.17) is 4.74 Å². The Bertz CT molecular complexity index is 1160. The number of piperazine rings is 1. The van der Waals surface area contributed by atoms with E-state index < -0.39 is 6.10 Å². The highest BCUT2D eigenvalue weighted by Crippen LogP contribution is 2.29. The van der Waals surface area contributed by atoms with Crippen LogP contribution in [0.25, 0.3) is 0 Å². The number of amides is 2. The van der Waals surface area contributed by atoms with Gasteiger partial charge in [-0.3, -0.25) is 9.59 Å². The third kappa shape index (κ3) is 4.35. The topological polar surface area (TPSA) is 82.1 Å². The molecule has 0 aromatic heterocycles. The normalized spacial score (nSPS) is 17.3. The van der Waals surface area contributed by atoms with Gasteiger partial charge in [-0.25, -0.2) is 0 Å². The van der Waals surface area contributed by atoms with E-state index in [1.165, 1.54) is 0 Å². The molecular weight excluding hydrogens is 418 g/mol. The minimum Gasteiger partial charge on any atom is -0.506 e. The van der Waals surface area contributed by atoms with Crippen LogP contribution in [0, 0.1) is 0 Å². The molecule has 5 rings (SSSR count). The number of rotatable bonds is 4. The Kier molecular flexibility index (Phi) is 5.60. The van der Waals surface area contributed by atoms with Crippen LogP contribution in [0.4, 0.5) is 11.4 Å². The van der Waals surface area contributed by atoms with E-state index in [-0.39, 0.29) is 17.6 Å². The first kappa shape index (κ1) is 20.9. The van der Waals surface area contributed by atoms with Gasteiger partial charge in [-0.15, -0.1) is 0 Å². The van der Waals surface area contributed by atoms with Crippen molar-refractivity contribution in [3.8, 4) is 11.5 Å². The molecule has 1 unspecified atom stereocenters. The molecule has 1 fully saturated rings. The number of fused-ring (bicyclic) bond motifs is 1. The SMILES string of the molecule is O=C(Nc1cccc(C(=O)N2CCN(c3ccccc3O)CC2)c1)C1Cc2ccccc2O1. The van der Waals surface area contributed by atoms with Gasteiger partial charge in [-0.2, -0.15) is 0 Å². The maximum Gasteiger partial charge on any atom is 0.265 e. The average Bonchev–Trinajstić information content (AvgIpc) is 3.29. The lowest BCUT2D eigenvalue weighted by Crippen LogP contribution is -2.48. The fourth-order valence-corrected chi connectivity index (χ4v) is 4.35. The number of para-hydroxylation sites is 3. The van der Waals surface area contributed by atoms with Crippen LogP contribution in [0.5, 0.6) is 11.5 Å². The number of phenolic OH excluding ortho intramolecular Hbond substituents is 1. The number of ether oxygens (including phenoxy) is 1. The van der Waals surface area contributed by atoms with E-state index in [2.05, 4.69) is 10.2 Å². The third-order valence-corrected chi connectivity index (χ3v) is 6.11. The van der Waals surface area contributed by atoms with E-state index >= 15 is 0 Å². The van der Waals surface area contributed by atoms with Crippen molar-refractivity contribution in [3.05, 3.63) is 83.9 Å². The smallest absolute Gasteiger partial charge is 0.265 e. The lowest BCUT2D eigenvalue weighted by molar-refractivity contribution is -0.122. The Morgan fingerprint density at radius 3 is 2.45 bits per heavy atom. The highest BCUT2D eigenvalue weighted by molar-refractivity contribution is 5.98. The van der Waals surface area contributed by atoms with Crippen molar-refractivity contribution in [2.75, 3.05) is 36.4 Å². The Hall–Kier alpha value is -4.00. The second kappa shape index (κ2) is 8.86. The summed E-state index contributed by atoms with van der Waals surface area (Å²) in [4.78, 5) is 29.7. The van der Waals surface area contributed by atoms with Crippen LogP contribution in [0.3, 0.4) is 0 Å². The average molecular weight is 444 g/mol. The second-order valence-electron chi connectivity index (χ2n) is 8.26. The molecular formula is C26H25N3O4. The predicted octanol–water partition coefficient (Wildman–Crippen LogP) is 3.30. The molecule has 168 valence electrons. The van der Waals surface area contributed by atoms with Crippen LogP contribution in [0.15, 0.2) is 72.8 Å². The lowest BCUT2D eigenvalue weighted by Gasteiger charge is -2.36. The van der Waals surface area contributed by atoms with Gasteiger partial charge in [-0.05, 0) is 42.0 Å². The van der Waals surface area contributed by atoms with Crippen molar-refractivity contribution in [3.63, 3.8) is 0 Å². The fourth-order valence-electron chi connectivity index (χ4n) is 4.35.